The van der Waals surface area contributed by atoms with Gasteiger partial charge in [-0.05, 0) is 32.3 Å². The Morgan fingerprint density at radius 1 is 1.00 bits per heavy atom. The average molecular weight is 340 g/mol. The van der Waals surface area contributed by atoms with Crippen LogP contribution >= 0.6 is 0 Å². The second-order valence-electron chi connectivity index (χ2n) is 5.95. The number of nitrogens with one attached hydrogen (secondary N) is 2. The van der Waals surface area contributed by atoms with Crippen LogP contribution in [0.1, 0.15) is 5.56 Å². The molecule has 0 amide bonds. The summed E-state index contributed by atoms with van der Waals surface area (Å²) in [6.45, 7) is 2.19. The van der Waals surface area contributed by atoms with E-state index in [0.717, 1.165) is 24.5 Å². The van der Waals surface area contributed by atoms with E-state index in [-0.39, 0.29) is 5.82 Å². The number of rotatable bonds is 7. The topological polar surface area (TPSA) is 66.0 Å². The maximum atomic E-state index is 14.1. The lowest BCUT2D eigenvalue weighted by molar-refractivity contribution is 0.425. The SMILES string of the molecule is CN(C)CCNc1ncccc1CNc1ncnc2cccc(F)c12. The van der Waals surface area contributed by atoms with E-state index < -0.39 is 0 Å². The molecule has 0 aliphatic heterocycles. The summed E-state index contributed by atoms with van der Waals surface area (Å²) in [5.74, 6) is 0.956. The van der Waals surface area contributed by atoms with Gasteiger partial charge in [0.05, 0.1) is 10.9 Å². The zero-order valence-corrected chi connectivity index (χ0v) is 14.3. The van der Waals surface area contributed by atoms with Gasteiger partial charge >= 0.3 is 0 Å². The predicted molar refractivity (Wildman–Crippen MR) is 98.1 cm³/mol. The highest BCUT2D eigenvalue weighted by molar-refractivity contribution is 5.89. The van der Waals surface area contributed by atoms with Gasteiger partial charge in [0.1, 0.15) is 23.8 Å². The Labute approximate surface area is 146 Å². The molecule has 0 atom stereocenters. The molecule has 0 radical (unpaired) electrons. The Morgan fingerprint density at radius 3 is 2.72 bits per heavy atom. The maximum Gasteiger partial charge on any atom is 0.140 e. The highest BCUT2D eigenvalue weighted by Crippen LogP contribution is 2.23. The number of fused-ring (bicyclic) bond motifs is 1. The minimum absolute atomic E-state index is 0.337. The Morgan fingerprint density at radius 2 is 1.88 bits per heavy atom. The number of nitrogens with zero attached hydrogens (tertiary/aromatic N) is 4. The van der Waals surface area contributed by atoms with Gasteiger partial charge in [-0.25, -0.2) is 19.3 Å². The summed E-state index contributed by atoms with van der Waals surface area (Å²) in [5.41, 5.74) is 1.57. The van der Waals surface area contributed by atoms with Crippen molar-refractivity contribution in [3.05, 3.63) is 54.2 Å². The summed E-state index contributed by atoms with van der Waals surface area (Å²) in [5, 5.41) is 6.93. The number of anilines is 2. The predicted octanol–water partition coefficient (Wildman–Crippen LogP) is 2.75. The lowest BCUT2D eigenvalue weighted by Gasteiger charge is -2.14. The van der Waals surface area contributed by atoms with Crippen LogP contribution in [0.4, 0.5) is 16.0 Å². The molecule has 0 saturated carbocycles. The van der Waals surface area contributed by atoms with Crippen molar-refractivity contribution in [3.63, 3.8) is 0 Å². The summed E-state index contributed by atoms with van der Waals surface area (Å²) >= 11 is 0. The Balaban J connectivity index is 1.76. The molecule has 2 N–H and O–H groups in total. The summed E-state index contributed by atoms with van der Waals surface area (Å²) in [7, 11) is 4.05. The van der Waals surface area contributed by atoms with Crippen molar-refractivity contribution in [1.29, 1.82) is 0 Å². The molecule has 0 aliphatic carbocycles. The van der Waals surface area contributed by atoms with Crippen molar-refractivity contribution in [1.82, 2.24) is 19.9 Å². The third kappa shape index (κ3) is 4.19. The smallest absolute Gasteiger partial charge is 0.140 e. The van der Waals surface area contributed by atoms with Crippen LogP contribution in [0.2, 0.25) is 0 Å². The normalized spacial score (nSPS) is 11.0. The molecule has 3 aromatic rings. The highest BCUT2D eigenvalue weighted by atomic mass is 19.1. The van der Waals surface area contributed by atoms with Crippen LogP contribution in [0.5, 0.6) is 0 Å². The van der Waals surface area contributed by atoms with Crippen molar-refractivity contribution < 1.29 is 4.39 Å². The van der Waals surface area contributed by atoms with E-state index in [0.29, 0.717) is 23.3 Å². The van der Waals surface area contributed by atoms with Crippen LogP contribution < -0.4 is 10.6 Å². The highest BCUT2D eigenvalue weighted by Gasteiger charge is 2.10. The first kappa shape index (κ1) is 17.0. The minimum atomic E-state index is -0.337. The molecular formula is C18H21FN6. The fourth-order valence-corrected chi connectivity index (χ4v) is 2.52. The molecule has 0 aliphatic rings. The first-order chi connectivity index (χ1) is 12.1. The van der Waals surface area contributed by atoms with Crippen molar-refractivity contribution in [2.45, 2.75) is 6.54 Å². The number of aromatic nitrogens is 3. The van der Waals surface area contributed by atoms with Crippen LogP contribution in [-0.4, -0.2) is 47.0 Å². The van der Waals surface area contributed by atoms with Crippen LogP contribution in [0.3, 0.4) is 0 Å². The van der Waals surface area contributed by atoms with Crippen LogP contribution in [-0.2, 0) is 6.54 Å². The Kier molecular flexibility index (Phi) is 5.35. The number of likely N-dealkylation sites (N-methyl/N-ethyl adjacent to an activating group) is 1. The van der Waals surface area contributed by atoms with Crippen molar-refractivity contribution >= 4 is 22.5 Å². The molecule has 130 valence electrons. The lowest BCUT2D eigenvalue weighted by atomic mass is 10.2. The third-order valence-electron chi connectivity index (χ3n) is 3.80. The lowest BCUT2D eigenvalue weighted by Crippen LogP contribution is -2.21. The van der Waals surface area contributed by atoms with Crippen LogP contribution in [0.25, 0.3) is 10.9 Å². The number of pyridine rings is 1. The molecule has 6 nitrogen and oxygen atoms in total. The zero-order valence-electron chi connectivity index (χ0n) is 14.3. The Bertz CT molecular complexity index is 847. The third-order valence-corrected chi connectivity index (χ3v) is 3.80. The second kappa shape index (κ2) is 7.85. The van der Waals surface area contributed by atoms with E-state index in [4.69, 9.17) is 0 Å². The van der Waals surface area contributed by atoms with Gasteiger partial charge in [-0.3, -0.25) is 0 Å². The van der Waals surface area contributed by atoms with Gasteiger partial charge in [0.15, 0.2) is 0 Å². The number of hydrogen-bond acceptors (Lipinski definition) is 6. The molecule has 0 bridgehead atoms. The molecule has 1 aromatic carbocycles. The summed E-state index contributed by atoms with van der Waals surface area (Å²) in [6, 6.07) is 8.69. The first-order valence-corrected chi connectivity index (χ1v) is 8.11. The van der Waals surface area contributed by atoms with Crippen molar-refractivity contribution in [2.75, 3.05) is 37.8 Å². The molecule has 2 aromatic heterocycles. The van der Waals surface area contributed by atoms with Crippen LogP contribution in [0, 0.1) is 5.82 Å². The quantitative estimate of drug-likeness (QED) is 0.689. The van der Waals surface area contributed by atoms with Gasteiger partial charge in [-0.15, -0.1) is 0 Å². The van der Waals surface area contributed by atoms with Gasteiger partial charge in [-0.2, -0.15) is 0 Å². The van der Waals surface area contributed by atoms with Gasteiger partial charge < -0.3 is 15.5 Å². The molecule has 25 heavy (non-hydrogen) atoms. The average Bonchev–Trinajstić information content (AvgIpc) is 2.61. The first-order valence-electron chi connectivity index (χ1n) is 8.11. The molecule has 0 saturated heterocycles. The van der Waals surface area contributed by atoms with E-state index >= 15 is 0 Å². The van der Waals surface area contributed by atoms with E-state index in [1.165, 1.54) is 12.4 Å². The second-order valence-corrected chi connectivity index (χ2v) is 5.95. The molecule has 0 fully saturated rings. The molecular weight excluding hydrogens is 319 g/mol. The minimum Gasteiger partial charge on any atom is -0.369 e. The monoisotopic (exact) mass is 340 g/mol. The fourth-order valence-electron chi connectivity index (χ4n) is 2.52. The van der Waals surface area contributed by atoms with Gasteiger partial charge in [0.25, 0.3) is 0 Å². The van der Waals surface area contributed by atoms with E-state index in [2.05, 4.69) is 30.5 Å². The molecule has 3 rings (SSSR count). The molecule has 7 heteroatoms. The maximum absolute atomic E-state index is 14.1. The molecule has 0 unspecified atom stereocenters. The van der Waals surface area contributed by atoms with Crippen LogP contribution in [0.15, 0.2) is 42.9 Å². The van der Waals surface area contributed by atoms with E-state index in [9.17, 15) is 4.39 Å². The molecule has 0 spiro atoms. The summed E-state index contributed by atoms with van der Waals surface area (Å²) in [4.78, 5) is 14.8. The Hall–Kier alpha value is -2.80. The standard InChI is InChI=1S/C18H21FN6/c1-25(2)10-9-21-17-13(5-4-8-20-17)11-22-18-16-14(19)6-3-7-15(16)23-12-24-18/h3-8,12H,9-11H2,1-2H3,(H,20,21)(H,22,23,24). The van der Waals surface area contributed by atoms with Gasteiger partial charge in [0.2, 0.25) is 0 Å². The van der Waals surface area contributed by atoms with E-state index in [1.54, 1.807) is 18.3 Å². The fraction of sp³-hybridized carbons (Fsp3) is 0.278. The van der Waals surface area contributed by atoms with Crippen molar-refractivity contribution in [2.24, 2.45) is 0 Å². The summed E-state index contributed by atoms with van der Waals surface area (Å²) in [6.07, 6.45) is 3.19. The number of halogens is 1. The zero-order chi connectivity index (χ0) is 17.6. The summed E-state index contributed by atoms with van der Waals surface area (Å²) < 4.78 is 14.1. The number of benzene rings is 1. The van der Waals surface area contributed by atoms with Gasteiger partial charge in [0, 0.05) is 31.4 Å². The molecule has 2 heterocycles. The number of hydrogen-bond donors (Lipinski definition) is 2. The van der Waals surface area contributed by atoms with Crippen molar-refractivity contribution in [3.8, 4) is 0 Å². The van der Waals surface area contributed by atoms with E-state index in [1.807, 2.05) is 26.2 Å². The van der Waals surface area contributed by atoms with Gasteiger partial charge in [-0.1, -0.05) is 12.1 Å². The largest absolute Gasteiger partial charge is 0.369 e.